The van der Waals surface area contributed by atoms with Crippen LogP contribution in [0.1, 0.15) is 19.4 Å². The molecule has 0 spiro atoms. The highest BCUT2D eigenvalue weighted by Crippen LogP contribution is 2.08. The van der Waals surface area contributed by atoms with Gasteiger partial charge in [-0.1, -0.05) is 0 Å². The minimum absolute atomic E-state index is 0.0136. The molecule has 0 radical (unpaired) electrons. The number of carbonyl (C=O) groups is 2. The van der Waals surface area contributed by atoms with E-state index in [1.54, 1.807) is 38.4 Å². The van der Waals surface area contributed by atoms with E-state index < -0.39 is 11.9 Å². The fraction of sp³-hybridized carbons (Fsp3) is 0.357. The van der Waals surface area contributed by atoms with Gasteiger partial charge in [-0.15, -0.1) is 0 Å². The largest absolute Gasteiger partial charge is 0.766 e. The van der Waals surface area contributed by atoms with Gasteiger partial charge in [0, 0.05) is 12.1 Å². The average Bonchev–Trinajstić information content (AvgIpc) is 2.41. The van der Waals surface area contributed by atoms with Crippen LogP contribution in [-0.2, 0) is 31.7 Å². The van der Waals surface area contributed by atoms with Crippen LogP contribution in [0.15, 0.2) is 29.4 Å². The second-order valence-electron chi connectivity index (χ2n) is 3.90. The summed E-state index contributed by atoms with van der Waals surface area (Å²) in [6.07, 6.45) is 3.29. The summed E-state index contributed by atoms with van der Waals surface area (Å²) in [7, 11) is 0. The molecule has 0 atom stereocenters. The second kappa shape index (κ2) is 7.59. The van der Waals surface area contributed by atoms with Crippen molar-refractivity contribution < 1.29 is 23.6 Å². The molecule has 1 rings (SSSR count). The van der Waals surface area contributed by atoms with Gasteiger partial charge in [-0.2, -0.15) is 4.57 Å². The van der Waals surface area contributed by atoms with Crippen molar-refractivity contribution in [3.8, 4) is 0 Å². The highest BCUT2D eigenvalue weighted by molar-refractivity contribution is 7.65. The van der Waals surface area contributed by atoms with Crippen LogP contribution in [0, 0.1) is 6.92 Å². The molecule has 20 heavy (non-hydrogen) atoms. The summed E-state index contributed by atoms with van der Waals surface area (Å²) in [5, 5.41) is 0. The lowest BCUT2D eigenvalue weighted by molar-refractivity contribution is -0.578. The maximum atomic E-state index is 12.0. The van der Waals surface area contributed by atoms with Crippen LogP contribution in [0.2, 0.25) is 0 Å². The lowest BCUT2D eigenvalue weighted by Gasteiger charge is -2.13. The van der Waals surface area contributed by atoms with Crippen molar-refractivity contribution in [3.05, 3.63) is 35.0 Å². The van der Waals surface area contributed by atoms with Crippen LogP contribution >= 0.6 is 0 Å². The lowest BCUT2D eigenvalue weighted by Crippen LogP contribution is -2.38. The van der Waals surface area contributed by atoms with Gasteiger partial charge in [0.1, 0.15) is 0 Å². The molecule has 0 saturated carbocycles. The first-order valence-corrected chi connectivity index (χ1v) is 6.65. The minimum Gasteiger partial charge on any atom is -0.766 e. The normalized spacial score (nSPS) is 11.6. The summed E-state index contributed by atoms with van der Waals surface area (Å²) in [4.78, 5) is 23.5. The van der Waals surface area contributed by atoms with Gasteiger partial charge in [0.15, 0.2) is 12.4 Å². The number of ether oxygens (including phenoxy) is 2. The molecule has 0 saturated heterocycles. The summed E-state index contributed by atoms with van der Waals surface area (Å²) in [5.74, 6) is -1.36. The predicted octanol–water partition coefficient (Wildman–Crippen LogP) is 1.12. The zero-order chi connectivity index (χ0) is 15.1. The third-order valence-corrected chi connectivity index (χ3v) is 2.76. The van der Waals surface area contributed by atoms with Gasteiger partial charge in [0.25, 0.3) is 5.70 Å². The number of hydrogen-bond donors (Lipinski definition) is 0. The molecule has 0 fully saturated rings. The molecular weight excluding hydrogens is 278 g/mol. The first-order valence-electron chi connectivity index (χ1n) is 6.25. The molecule has 0 aromatic carbocycles. The van der Waals surface area contributed by atoms with Crippen molar-refractivity contribution in [2.24, 2.45) is 0 Å². The van der Waals surface area contributed by atoms with Crippen LogP contribution < -0.4 is 4.57 Å². The summed E-state index contributed by atoms with van der Waals surface area (Å²) in [5.41, 5.74) is 1.01. The highest BCUT2D eigenvalue weighted by Gasteiger charge is 2.25. The molecule has 6 heteroatoms. The van der Waals surface area contributed by atoms with Crippen LogP contribution in [0.4, 0.5) is 0 Å². The third kappa shape index (κ3) is 4.03. The summed E-state index contributed by atoms with van der Waals surface area (Å²) in [6.45, 7) is 5.65. The Balaban J connectivity index is 3.27. The number of aryl methyl sites for hydroxylation is 1. The van der Waals surface area contributed by atoms with Gasteiger partial charge in [-0.3, -0.25) is 0 Å². The van der Waals surface area contributed by atoms with Crippen molar-refractivity contribution in [2.45, 2.75) is 20.8 Å². The third-order valence-electron chi connectivity index (χ3n) is 2.40. The fourth-order valence-corrected chi connectivity index (χ4v) is 1.71. The smallest absolute Gasteiger partial charge is 0.402 e. The first kappa shape index (κ1) is 16.1. The number of nitrogens with zero attached hydrogens (tertiary/aromatic N) is 1. The van der Waals surface area contributed by atoms with E-state index in [2.05, 4.69) is 0 Å². The molecule has 1 aromatic rings. The summed E-state index contributed by atoms with van der Waals surface area (Å²) in [6, 6.07) is 3.60. The van der Waals surface area contributed by atoms with Crippen molar-refractivity contribution in [3.63, 3.8) is 0 Å². The number of carbonyl (C=O) groups excluding carboxylic acids is 2. The lowest BCUT2D eigenvalue weighted by atomic mass is 10.3. The Morgan fingerprint density at radius 2 is 1.60 bits per heavy atom. The molecule has 0 unspecified atom stereocenters. The van der Waals surface area contributed by atoms with Crippen LogP contribution in [-0.4, -0.2) is 25.2 Å². The Hall–Kier alpha value is -1.95. The molecule has 0 amide bonds. The Labute approximate surface area is 123 Å². The van der Waals surface area contributed by atoms with E-state index in [0.717, 1.165) is 5.56 Å². The van der Waals surface area contributed by atoms with Crippen LogP contribution in [0.25, 0.3) is 5.70 Å². The Morgan fingerprint density at radius 3 is 2.10 bits per heavy atom. The van der Waals surface area contributed by atoms with E-state index in [-0.39, 0.29) is 23.8 Å². The van der Waals surface area contributed by atoms with Crippen molar-refractivity contribution in [1.29, 1.82) is 0 Å². The van der Waals surface area contributed by atoms with Gasteiger partial charge < -0.3 is 22.1 Å². The SMILES string of the molecule is CCOC(=O)/C([S-])=C(\C(=O)OCC)[n+]1ccc(C)cc1. The number of esters is 2. The monoisotopic (exact) mass is 295 g/mol. The molecule has 1 aromatic heterocycles. The molecule has 0 aliphatic heterocycles. The molecule has 1 heterocycles. The zero-order valence-electron chi connectivity index (χ0n) is 11.7. The highest BCUT2D eigenvalue weighted by atomic mass is 32.1. The topological polar surface area (TPSA) is 56.5 Å². The van der Waals surface area contributed by atoms with E-state index in [4.69, 9.17) is 22.1 Å². The summed E-state index contributed by atoms with van der Waals surface area (Å²) < 4.78 is 11.2. The maximum Gasteiger partial charge on any atom is 0.402 e. The number of aromatic nitrogens is 1. The Morgan fingerprint density at radius 1 is 1.10 bits per heavy atom. The van der Waals surface area contributed by atoms with E-state index >= 15 is 0 Å². The van der Waals surface area contributed by atoms with Gasteiger partial charge >= 0.3 is 11.9 Å². The van der Waals surface area contributed by atoms with Crippen LogP contribution in [0.3, 0.4) is 0 Å². The van der Waals surface area contributed by atoms with E-state index in [1.807, 2.05) is 6.92 Å². The molecule has 0 aliphatic rings. The Kier molecular flexibility index (Phi) is 6.11. The molecule has 5 nitrogen and oxygen atoms in total. The Bertz CT molecular complexity index is 522. The quantitative estimate of drug-likeness (QED) is 0.353. The number of rotatable bonds is 5. The maximum absolute atomic E-state index is 12.0. The number of pyridine rings is 1. The van der Waals surface area contributed by atoms with E-state index in [9.17, 15) is 9.59 Å². The van der Waals surface area contributed by atoms with Crippen molar-refractivity contribution >= 4 is 30.3 Å². The fourth-order valence-electron chi connectivity index (χ4n) is 1.46. The van der Waals surface area contributed by atoms with Gasteiger partial charge in [-0.05, 0) is 31.2 Å². The summed E-state index contributed by atoms with van der Waals surface area (Å²) >= 11 is 5.04. The van der Waals surface area contributed by atoms with E-state index in [0.29, 0.717) is 0 Å². The molecule has 0 aliphatic carbocycles. The molecular formula is C14H17NO4S. The standard InChI is InChI=1S/C14H17NO4S/c1-4-18-13(16)11(12(20)14(17)19-5-2)15-8-6-10(3)7-9-15/h6-9H,4-5H2,1-3H3. The number of hydrogen-bond acceptors (Lipinski definition) is 5. The van der Waals surface area contributed by atoms with Crippen molar-refractivity contribution in [1.82, 2.24) is 0 Å². The first-order chi connectivity index (χ1) is 9.51. The minimum atomic E-state index is -0.710. The second-order valence-corrected chi connectivity index (χ2v) is 4.31. The molecule has 0 bridgehead atoms. The van der Waals surface area contributed by atoms with Crippen molar-refractivity contribution in [2.75, 3.05) is 13.2 Å². The van der Waals surface area contributed by atoms with E-state index in [1.165, 1.54) is 4.57 Å². The van der Waals surface area contributed by atoms with Crippen LogP contribution in [0.5, 0.6) is 0 Å². The molecule has 0 N–H and O–H groups in total. The average molecular weight is 295 g/mol. The molecule has 108 valence electrons. The predicted molar refractivity (Wildman–Crippen MR) is 75.2 cm³/mol. The van der Waals surface area contributed by atoms with Gasteiger partial charge in [-0.25, -0.2) is 9.59 Å². The van der Waals surface area contributed by atoms with Gasteiger partial charge in [0.05, 0.1) is 13.2 Å². The zero-order valence-corrected chi connectivity index (χ0v) is 12.5. The van der Waals surface area contributed by atoms with Gasteiger partial charge in [0.2, 0.25) is 0 Å².